The average Bonchev–Trinajstić information content (AvgIpc) is 2.75. The number of halogens is 1. The first kappa shape index (κ1) is 14.9. The van der Waals surface area contributed by atoms with E-state index >= 15 is 0 Å². The number of nitrogens with one attached hydrogen (secondary N) is 1. The van der Waals surface area contributed by atoms with Gasteiger partial charge in [-0.05, 0) is 54.4 Å². The number of rotatable bonds is 4. The molecule has 6 nitrogen and oxygen atoms in total. The van der Waals surface area contributed by atoms with Crippen molar-refractivity contribution in [2.75, 3.05) is 18.4 Å². The summed E-state index contributed by atoms with van der Waals surface area (Å²) < 4.78 is 0.827. The van der Waals surface area contributed by atoms with Gasteiger partial charge in [0, 0.05) is 10.7 Å². The van der Waals surface area contributed by atoms with E-state index in [4.69, 9.17) is 0 Å². The third-order valence-electron chi connectivity index (χ3n) is 3.58. The van der Waals surface area contributed by atoms with Crippen LogP contribution in [0.1, 0.15) is 19.8 Å². The van der Waals surface area contributed by atoms with E-state index in [1.54, 1.807) is 30.2 Å². The van der Waals surface area contributed by atoms with Gasteiger partial charge in [-0.2, -0.15) is 0 Å². The van der Waals surface area contributed by atoms with Crippen molar-refractivity contribution >= 4 is 33.6 Å². The van der Waals surface area contributed by atoms with E-state index in [2.05, 4.69) is 26.2 Å². The molecule has 1 aliphatic heterocycles. The molecule has 20 heavy (non-hydrogen) atoms. The van der Waals surface area contributed by atoms with Crippen LogP contribution < -0.4 is 5.32 Å². The van der Waals surface area contributed by atoms with E-state index in [0.717, 1.165) is 10.9 Å². The molecule has 1 amide bonds. The van der Waals surface area contributed by atoms with Gasteiger partial charge < -0.3 is 10.4 Å². The Morgan fingerprint density at radius 2 is 2.30 bits per heavy atom. The number of likely N-dealkylation sites (tertiary alicyclic amines) is 1. The predicted octanol–water partition coefficient (Wildman–Crippen LogP) is 1.72. The highest BCUT2D eigenvalue weighted by Gasteiger charge is 2.43. The molecule has 0 saturated carbocycles. The predicted molar refractivity (Wildman–Crippen MR) is 77.4 cm³/mol. The van der Waals surface area contributed by atoms with Gasteiger partial charge in [0.1, 0.15) is 11.4 Å². The van der Waals surface area contributed by atoms with Crippen molar-refractivity contribution in [3.8, 4) is 0 Å². The zero-order chi connectivity index (χ0) is 14.8. The van der Waals surface area contributed by atoms with Crippen LogP contribution in [0.5, 0.6) is 0 Å². The molecule has 2 N–H and O–H groups in total. The third-order valence-corrected chi connectivity index (χ3v) is 4.05. The molecule has 2 heterocycles. The number of carboxylic acids is 1. The molecule has 1 fully saturated rings. The number of aliphatic carboxylic acids is 1. The Morgan fingerprint density at radius 1 is 1.55 bits per heavy atom. The zero-order valence-electron chi connectivity index (χ0n) is 11.1. The Kier molecular flexibility index (Phi) is 4.39. The summed E-state index contributed by atoms with van der Waals surface area (Å²) in [6.07, 6.45) is 2.94. The first-order valence-electron chi connectivity index (χ1n) is 6.32. The molecule has 1 atom stereocenters. The average molecular weight is 342 g/mol. The molecule has 0 aromatic carbocycles. The molecular weight excluding hydrogens is 326 g/mol. The molecule has 1 unspecified atom stereocenters. The van der Waals surface area contributed by atoms with E-state index in [-0.39, 0.29) is 12.5 Å². The van der Waals surface area contributed by atoms with Crippen LogP contribution in [0.15, 0.2) is 22.8 Å². The highest BCUT2D eigenvalue weighted by Crippen LogP contribution is 2.28. The molecule has 0 spiro atoms. The van der Waals surface area contributed by atoms with Crippen LogP contribution >= 0.6 is 15.9 Å². The van der Waals surface area contributed by atoms with Crippen LogP contribution in [-0.4, -0.2) is 45.5 Å². The van der Waals surface area contributed by atoms with Crippen molar-refractivity contribution in [1.29, 1.82) is 0 Å². The van der Waals surface area contributed by atoms with E-state index < -0.39 is 11.5 Å². The molecule has 1 aromatic heterocycles. The molecule has 0 bridgehead atoms. The zero-order valence-corrected chi connectivity index (χ0v) is 12.7. The number of hydrogen-bond acceptors (Lipinski definition) is 4. The SMILES string of the molecule is CC1(C(=O)O)CCCN1CC(=O)Nc1ccc(Br)cn1. The Labute approximate surface area is 125 Å². The summed E-state index contributed by atoms with van der Waals surface area (Å²) in [7, 11) is 0. The van der Waals surface area contributed by atoms with Crippen LogP contribution in [0.4, 0.5) is 5.82 Å². The minimum atomic E-state index is -0.954. The fourth-order valence-electron chi connectivity index (χ4n) is 2.32. The number of anilines is 1. The minimum absolute atomic E-state index is 0.0561. The Bertz CT molecular complexity index is 520. The van der Waals surface area contributed by atoms with Crippen molar-refractivity contribution in [1.82, 2.24) is 9.88 Å². The summed E-state index contributed by atoms with van der Waals surface area (Å²) in [5, 5.41) is 12.0. The van der Waals surface area contributed by atoms with Gasteiger partial charge >= 0.3 is 5.97 Å². The van der Waals surface area contributed by atoms with E-state index in [1.165, 1.54) is 0 Å². The number of amides is 1. The number of pyridine rings is 1. The standard InChI is InChI=1S/C13H16BrN3O3/c1-13(12(19)20)5-2-6-17(13)8-11(18)16-10-4-3-9(14)7-15-10/h3-4,7H,2,5-6,8H2,1H3,(H,19,20)(H,15,16,18). The largest absolute Gasteiger partial charge is 0.480 e. The fraction of sp³-hybridized carbons (Fsp3) is 0.462. The third kappa shape index (κ3) is 3.16. The smallest absolute Gasteiger partial charge is 0.323 e. The molecule has 7 heteroatoms. The molecular formula is C13H16BrN3O3. The van der Waals surface area contributed by atoms with Gasteiger partial charge in [0.15, 0.2) is 0 Å². The minimum Gasteiger partial charge on any atom is -0.480 e. The van der Waals surface area contributed by atoms with Crippen LogP contribution in [0.3, 0.4) is 0 Å². The van der Waals surface area contributed by atoms with Crippen molar-refractivity contribution in [3.05, 3.63) is 22.8 Å². The summed E-state index contributed by atoms with van der Waals surface area (Å²) >= 11 is 3.26. The second-order valence-electron chi connectivity index (χ2n) is 5.01. The summed E-state index contributed by atoms with van der Waals surface area (Å²) in [4.78, 5) is 29.0. The quantitative estimate of drug-likeness (QED) is 0.871. The summed E-state index contributed by atoms with van der Waals surface area (Å²) in [5.74, 6) is -0.687. The van der Waals surface area contributed by atoms with Crippen LogP contribution in [-0.2, 0) is 9.59 Å². The van der Waals surface area contributed by atoms with Gasteiger partial charge in [0.05, 0.1) is 6.54 Å². The van der Waals surface area contributed by atoms with Crippen LogP contribution in [0.2, 0.25) is 0 Å². The normalized spacial score (nSPS) is 22.7. The van der Waals surface area contributed by atoms with E-state index in [0.29, 0.717) is 18.8 Å². The summed E-state index contributed by atoms with van der Waals surface area (Å²) in [6.45, 7) is 2.33. The highest BCUT2D eigenvalue weighted by atomic mass is 79.9. The maximum atomic E-state index is 12.0. The highest BCUT2D eigenvalue weighted by molar-refractivity contribution is 9.10. The van der Waals surface area contributed by atoms with Gasteiger partial charge in [-0.15, -0.1) is 0 Å². The van der Waals surface area contributed by atoms with Crippen LogP contribution in [0.25, 0.3) is 0 Å². The van der Waals surface area contributed by atoms with Gasteiger partial charge in [0.25, 0.3) is 0 Å². The van der Waals surface area contributed by atoms with Gasteiger partial charge in [-0.1, -0.05) is 0 Å². The van der Waals surface area contributed by atoms with Crippen molar-refractivity contribution < 1.29 is 14.7 Å². The Hall–Kier alpha value is -1.47. The molecule has 1 aromatic rings. The molecule has 0 aliphatic carbocycles. The second kappa shape index (κ2) is 5.88. The maximum Gasteiger partial charge on any atom is 0.323 e. The molecule has 0 radical (unpaired) electrons. The van der Waals surface area contributed by atoms with Crippen molar-refractivity contribution in [2.45, 2.75) is 25.3 Å². The number of hydrogen-bond donors (Lipinski definition) is 2. The lowest BCUT2D eigenvalue weighted by Gasteiger charge is -2.30. The Balaban J connectivity index is 1.98. The van der Waals surface area contributed by atoms with Gasteiger partial charge in [-0.25, -0.2) is 4.98 Å². The van der Waals surface area contributed by atoms with Gasteiger partial charge in [-0.3, -0.25) is 14.5 Å². The lowest BCUT2D eigenvalue weighted by molar-refractivity contribution is -0.149. The van der Waals surface area contributed by atoms with Gasteiger partial charge in [0.2, 0.25) is 5.91 Å². The number of nitrogens with zero attached hydrogens (tertiary/aromatic N) is 2. The lowest BCUT2D eigenvalue weighted by atomic mass is 9.99. The molecule has 1 aliphatic rings. The number of carboxylic acid groups (broad SMARTS) is 1. The summed E-state index contributed by atoms with van der Waals surface area (Å²) in [6, 6.07) is 3.46. The Morgan fingerprint density at radius 3 is 2.90 bits per heavy atom. The maximum absolute atomic E-state index is 12.0. The number of aromatic nitrogens is 1. The first-order chi connectivity index (χ1) is 9.41. The summed E-state index contributed by atoms with van der Waals surface area (Å²) in [5.41, 5.74) is -0.954. The van der Waals surface area contributed by atoms with E-state index in [9.17, 15) is 14.7 Å². The topological polar surface area (TPSA) is 82.5 Å². The van der Waals surface area contributed by atoms with Crippen molar-refractivity contribution in [2.24, 2.45) is 0 Å². The monoisotopic (exact) mass is 341 g/mol. The molecule has 2 rings (SSSR count). The second-order valence-corrected chi connectivity index (χ2v) is 5.93. The number of carbonyl (C=O) groups is 2. The first-order valence-corrected chi connectivity index (χ1v) is 7.11. The lowest BCUT2D eigenvalue weighted by Crippen LogP contribution is -2.50. The van der Waals surface area contributed by atoms with Crippen molar-refractivity contribution in [3.63, 3.8) is 0 Å². The van der Waals surface area contributed by atoms with Crippen LogP contribution in [0, 0.1) is 0 Å². The molecule has 108 valence electrons. The fourth-order valence-corrected chi connectivity index (χ4v) is 2.55. The van der Waals surface area contributed by atoms with E-state index in [1.807, 2.05) is 0 Å². The number of carbonyl (C=O) groups excluding carboxylic acids is 1. The molecule has 1 saturated heterocycles.